The van der Waals surface area contributed by atoms with E-state index in [1.165, 1.54) is 0 Å². The smallest absolute Gasteiger partial charge is 0.0326 e. The molecule has 3 N–H and O–H groups in total. The summed E-state index contributed by atoms with van der Waals surface area (Å²) < 4.78 is 0. The van der Waals surface area contributed by atoms with Crippen molar-refractivity contribution in [2.24, 2.45) is 0 Å². The maximum atomic E-state index is 8.46. The van der Waals surface area contributed by atoms with Gasteiger partial charge in [0.2, 0.25) is 0 Å². The summed E-state index contributed by atoms with van der Waals surface area (Å²) in [5.74, 6) is 0. The quantitative estimate of drug-likeness (QED) is 0.460. The second-order valence-electron chi connectivity index (χ2n) is 2.51. The van der Waals surface area contributed by atoms with Gasteiger partial charge in [-0.2, -0.15) is 0 Å². The van der Waals surface area contributed by atoms with Crippen LogP contribution >= 0.6 is 0 Å². The van der Waals surface area contributed by atoms with Gasteiger partial charge in [0.1, 0.15) is 0 Å². The molecule has 1 aliphatic rings. The maximum Gasteiger partial charge on any atom is 0.0326 e. The molecule has 0 radical (unpaired) electrons. The van der Waals surface area contributed by atoms with Gasteiger partial charge in [0.05, 0.1) is 0 Å². The standard InChI is InChI=1S/C6H12N2O/c7-5-1-3-6(8-9)4-2-5/h6-9H,1-4H2. The van der Waals surface area contributed by atoms with Gasteiger partial charge < -0.3 is 10.6 Å². The first-order valence-electron chi connectivity index (χ1n) is 3.29. The van der Waals surface area contributed by atoms with Crippen LogP contribution in [0.2, 0.25) is 0 Å². The summed E-state index contributed by atoms with van der Waals surface area (Å²) >= 11 is 0. The highest BCUT2D eigenvalue weighted by Gasteiger charge is 2.14. The van der Waals surface area contributed by atoms with E-state index in [-0.39, 0.29) is 6.04 Å². The van der Waals surface area contributed by atoms with Crippen LogP contribution < -0.4 is 5.48 Å². The second kappa shape index (κ2) is 2.94. The highest BCUT2D eigenvalue weighted by Crippen LogP contribution is 2.13. The fourth-order valence-electron chi connectivity index (χ4n) is 1.10. The summed E-state index contributed by atoms with van der Waals surface area (Å²) in [7, 11) is 0. The third kappa shape index (κ3) is 1.77. The van der Waals surface area contributed by atoms with E-state index in [1.54, 1.807) is 0 Å². The van der Waals surface area contributed by atoms with Gasteiger partial charge in [-0.25, -0.2) is 5.48 Å². The SMILES string of the molecule is N=C1CCC(NO)CC1. The summed E-state index contributed by atoms with van der Waals surface area (Å²) in [4.78, 5) is 0. The number of nitrogens with one attached hydrogen (secondary N) is 2. The molecule has 1 rings (SSSR count). The van der Waals surface area contributed by atoms with Crippen LogP contribution in [0.25, 0.3) is 0 Å². The lowest BCUT2D eigenvalue weighted by Crippen LogP contribution is -2.30. The molecule has 0 spiro atoms. The highest BCUT2D eigenvalue weighted by molar-refractivity contribution is 5.82. The maximum absolute atomic E-state index is 8.46. The molecule has 0 heterocycles. The molecule has 52 valence electrons. The fourth-order valence-corrected chi connectivity index (χ4v) is 1.10. The summed E-state index contributed by atoms with van der Waals surface area (Å²) in [6, 6.07) is 0.235. The molecule has 0 unspecified atom stereocenters. The van der Waals surface area contributed by atoms with Crippen LogP contribution in [0.4, 0.5) is 0 Å². The van der Waals surface area contributed by atoms with Crippen molar-refractivity contribution in [3.8, 4) is 0 Å². The van der Waals surface area contributed by atoms with Gasteiger partial charge in [-0.1, -0.05) is 0 Å². The van der Waals surface area contributed by atoms with Crippen molar-refractivity contribution in [2.45, 2.75) is 31.7 Å². The van der Waals surface area contributed by atoms with Crippen molar-refractivity contribution >= 4 is 5.71 Å². The van der Waals surface area contributed by atoms with E-state index in [0.29, 0.717) is 0 Å². The van der Waals surface area contributed by atoms with Crippen molar-refractivity contribution in [1.82, 2.24) is 5.48 Å². The van der Waals surface area contributed by atoms with E-state index in [9.17, 15) is 0 Å². The van der Waals surface area contributed by atoms with Gasteiger partial charge in [-0.15, -0.1) is 0 Å². The number of hydroxylamine groups is 1. The van der Waals surface area contributed by atoms with Crippen molar-refractivity contribution in [2.75, 3.05) is 0 Å². The van der Waals surface area contributed by atoms with Gasteiger partial charge in [-0.3, -0.25) is 0 Å². The van der Waals surface area contributed by atoms with Crippen LogP contribution in [0.5, 0.6) is 0 Å². The van der Waals surface area contributed by atoms with Gasteiger partial charge >= 0.3 is 0 Å². The second-order valence-corrected chi connectivity index (χ2v) is 2.51. The Morgan fingerprint density at radius 1 is 1.44 bits per heavy atom. The predicted molar refractivity (Wildman–Crippen MR) is 34.9 cm³/mol. The van der Waals surface area contributed by atoms with Crippen molar-refractivity contribution in [3.05, 3.63) is 0 Å². The largest absolute Gasteiger partial charge is 0.317 e. The molecular formula is C6H12N2O. The molecule has 1 saturated carbocycles. The average Bonchev–Trinajstić information content (AvgIpc) is 1.90. The van der Waals surface area contributed by atoms with Crippen LogP contribution in [0.1, 0.15) is 25.7 Å². The molecule has 1 aliphatic carbocycles. The molecule has 0 bridgehead atoms. The molecule has 0 aromatic carbocycles. The van der Waals surface area contributed by atoms with Crippen molar-refractivity contribution < 1.29 is 5.21 Å². The molecule has 3 nitrogen and oxygen atoms in total. The Morgan fingerprint density at radius 3 is 2.44 bits per heavy atom. The molecule has 1 fully saturated rings. The third-order valence-electron chi connectivity index (χ3n) is 1.77. The van der Waals surface area contributed by atoms with E-state index < -0.39 is 0 Å². The lowest BCUT2D eigenvalue weighted by Gasteiger charge is -2.19. The molecule has 9 heavy (non-hydrogen) atoms. The Morgan fingerprint density at radius 2 is 2.00 bits per heavy atom. The summed E-state index contributed by atoms with van der Waals surface area (Å²) in [5, 5.41) is 15.7. The molecular weight excluding hydrogens is 116 g/mol. The molecule has 3 heteroatoms. The summed E-state index contributed by atoms with van der Waals surface area (Å²) in [6.45, 7) is 0. The Kier molecular flexibility index (Phi) is 2.19. The number of hydrogen-bond donors (Lipinski definition) is 3. The summed E-state index contributed by atoms with van der Waals surface area (Å²) in [6.07, 6.45) is 3.52. The topological polar surface area (TPSA) is 56.1 Å². The Bertz CT molecular complexity index is 104. The van der Waals surface area contributed by atoms with Crippen LogP contribution in [0, 0.1) is 5.41 Å². The van der Waals surface area contributed by atoms with Gasteiger partial charge in [0, 0.05) is 11.8 Å². The minimum absolute atomic E-state index is 0.235. The predicted octanol–water partition coefficient (Wildman–Crippen LogP) is 0.928. The lowest BCUT2D eigenvalue weighted by atomic mass is 9.94. The van der Waals surface area contributed by atoms with E-state index in [4.69, 9.17) is 10.6 Å². The van der Waals surface area contributed by atoms with Crippen LogP contribution in [0.15, 0.2) is 0 Å². The molecule has 0 aromatic heterocycles. The van der Waals surface area contributed by atoms with Gasteiger partial charge in [-0.05, 0) is 25.7 Å². The van der Waals surface area contributed by atoms with E-state index in [2.05, 4.69) is 5.48 Å². The minimum atomic E-state index is 0.235. The Balaban J connectivity index is 2.26. The minimum Gasteiger partial charge on any atom is -0.317 e. The molecule has 0 aromatic rings. The van der Waals surface area contributed by atoms with Crippen molar-refractivity contribution in [3.63, 3.8) is 0 Å². The van der Waals surface area contributed by atoms with E-state index >= 15 is 0 Å². The van der Waals surface area contributed by atoms with Crippen LogP contribution in [-0.2, 0) is 0 Å². The van der Waals surface area contributed by atoms with E-state index in [0.717, 1.165) is 31.4 Å². The van der Waals surface area contributed by atoms with Gasteiger partial charge in [0.15, 0.2) is 0 Å². The van der Waals surface area contributed by atoms with E-state index in [1.807, 2.05) is 0 Å². The monoisotopic (exact) mass is 128 g/mol. The number of rotatable bonds is 1. The highest BCUT2D eigenvalue weighted by atomic mass is 16.5. The molecule has 0 saturated heterocycles. The van der Waals surface area contributed by atoms with Crippen LogP contribution in [-0.4, -0.2) is 17.0 Å². The van der Waals surface area contributed by atoms with Crippen molar-refractivity contribution in [1.29, 1.82) is 5.41 Å². The zero-order valence-electron chi connectivity index (χ0n) is 5.35. The molecule has 0 amide bonds. The first-order valence-corrected chi connectivity index (χ1v) is 3.29. The fraction of sp³-hybridized carbons (Fsp3) is 0.833. The normalized spacial score (nSPS) is 28.6. The summed E-state index contributed by atoms with van der Waals surface area (Å²) in [5.41, 5.74) is 3.05. The van der Waals surface area contributed by atoms with Crippen LogP contribution in [0.3, 0.4) is 0 Å². The first-order chi connectivity index (χ1) is 4.33. The lowest BCUT2D eigenvalue weighted by molar-refractivity contribution is 0.116. The molecule has 0 atom stereocenters. The average molecular weight is 128 g/mol. The zero-order valence-corrected chi connectivity index (χ0v) is 5.35. The third-order valence-corrected chi connectivity index (χ3v) is 1.77. The Labute approximate surface area is 54.5 Å². The number of hydrogen-bond acceptors (Lipinski definition) is 3. The molecule has 0 aliphatic heterocycles. The zero-order chi connectivity index (χ0) is 6.69. The first kappa shape index (κ1) is 6.71. The Hall–Kier alpha value is -0.410. The van der Waals surface area contributed by atoms with Gasteiger partial charge in [0.25, 0.3) is 0 Å².